The van der Waals surface area contributed by atoms with E-state index in [1.807, 2.05) is 0 Å². The van der Waals surface area contributed by atoms with Crippen molar-refractivity contribution in [3.63, 3.8) is 0 Å². The molecule has 134 valence electrons. The Morgan fingerprint density at radius 2 is 0.727 bits per heavy atom. The summed E-state index contributed by atoms with van der Waals surface area (Å²) in [6.45, 7) is 4.68. The molecule has 0 atom stereocenters. The van der Waals surface area contributed by atoms with Gasteiger partial charge in [0.1, 0.15) is 0 Å². The summed E-state index contributed by atoms with van der Waals surface area (Å²) in [6, 6.07) is 0. The van der Waals surface area contributed by atoms with Crippen LogP contribution in [0.5, 0.6) is 0 Å². The molecule has 12 nitrogen and oxygen atoms in total. The quantitative estimate of drug-likeness (QED) is 0.243. The summed E-state index contributed by atoms with van der Waals surface area (Å²) in [7, 11) is -12.5. The van der Waals surface area contributed by atoms with E-state index in [4.69, 9.17) is 29.4 Å². The molecule has 0 aromatic carbocycles. The molecule has 0 saturated carbocycles. The zero-order valence-electron chi connectivity index (χ0n) is 11.6. The molecule has 0 fully saturated rings. The van der Waals surface area contributed by atoms with Crippen LogP contribution < -0.4 is 0 Å². The molecule has 0 heterocycles. The zero-order valence-corrected chi connectivity index (χ0v) is 14.3. The summed E-state index contributed by atoms with van der Waals surface area (Å²) in [5.74, 6) is 0. The molecule has 0 aromatic heterocycles. The van der Waals surface area contributed by atoms with Gasteiger partial charge < -0.3 is 29.4 Å². The monoisotopic (exact) mass is 418 g/mol. The molecule has 0 bridgehead atoms. The van der Waals surface area contributed by atoms with Crippen molar-refractivity contribution in [2.24, 2.45) is 0 Å². The summed E-state index contributed by atoms with van der Waals surface area (Å²) >= 11 is 0. The van der Waals surface area contributed by atoms with E-state index < -0.39 is 23.5 Å². The van der Waals surface area contributed by atoms with Crippen LogP contribution in [-0.4, -0.2) is 101 Å². The first-order chi connectivity index (χ1) is 9.18. The van der Waals surface area contributed by atoms with Crippen molar-refractivity contribution in [1.29, 1.82) is 0 Å². The van der Waals surface area contributed by atoms with E-state index in [0.29, 0.717) is 0 Å². The molecule has 0 aliphatic rings. The molecule has 0 aromatic rings. The minimum absolute atomic E-state index is 0. The van der Waals surface area contributed by atoms with Gasteiger partial charge >= 0.3 is 74.9 Å². The van der Waals surface area contributed by atoms with Gasteiger partial charge in [-0.25, -0.2) is 13.7 Å². The molecule has 6 N–H and O–H groups in total. The van der Waals surface area contributed by atoms with E-state index >= 15 is 0 Å². The van der Waals surface area contributed by atoms with Crippen molar-refractivity contribution in [3.8, 4) is 0 Å². The molecule has 22 heavy (non-hydrogen) atoms. The standard InChI is InChI=1S/3C2H7O4P.K.H/c3*1-2-6-7(3,4)5;;/h3*2H2,1H3,(H2,3,4,5);;. The van der Waals surface area contributed by atoms with Gasteiger partial charge in [-0.2, -0.15) is 0 Å². The fourth-order valence-corrected chi connectivity index (χ4v) is 1.51. The number of hydrogen-bond donors (Lipinski definition) is 6. The first-order valence-electron chi connectivity index (χ1n) is 5.28. The van der Waals surface area contributed by atoms with E-state index in [0.717, 1.165) is 0 Å². The van der Waals surface area contributed by atoms with Gasteiger partial charge in [-0.3, -0.25) is 13.6 Å². The molecule has 16 heteroatoms. The first-order valence-corrected chi connectivity index (χ1v) is 9.87. The average Bonchev–Trinajstić information content (AvgIpc) is 2.12. The van der Waals surface area contributed by atoms with Crippen LogP contribution >= 0.6 is 23.5 Å². The summed E-state index contributed by atoms with van der Waals surface area (Å²) in [5.41, 5.74) is 0. The van der Waals surface area contributed by atoms with Crippen LogP contribution in [0, 0.1) is 0 Å². The summed E-state index contributed by atoms with van der Waals surface area (Å²) in [6.07, 6.45) is 0. The summed E-state index contributed by atoms with van der Waals surface area (Å²) in [5, 5.41) is 0. The van der Waals surface area contributed by atoms with E-state index in [9.17, 15) is 13.7 Å². The summed E-state index contributed by atoms with van der Waals surface area (Å²) in [4.78, 5) is 47.4. The number of phosphoric ester groups is 3. The van der Waals surface area contributed by atoms with E-state index in [2.05, 4.69) is 13.6 Å². The molecular weight excluding hydrogens is 396 g/mol. The van der Waals surface area contributed by atoms with Crippen molar-refractivity contribution >= 4 is 74.9 Å². The summed E-state index contributed by atoms with van der Waals surface area (Å²) < 4.78 is 40.8. The Labute approximate surface area is 170 Å². The maximum absolute atomic E-state index is 9.70. The van der Waals surface area contributed by atoms with Crippen LogP contribution in [0.1, 0.15) is 20.8 Å². The van der Waals surface area contributed by atoms with Crippen molar-refractivity contribution < 1.29 is 56.6 Å². The van der Waals surface area contributed by atoms with Crippen LogP contribution in [-0.2, 0) is 27.3 Å². The van der Waals surface area contributed by atoms with Crippen molar-refractivity contribution in [2.45, 2.75) is 20.8 Å². The molecule has 0 spiro atoms. The predicted octanol–water partition coefficient (Wildman–Crippen LogP) is -0.302. The second-order valence-electron chi connectivity index (χ2n) is 2.73. The van der Waals surface area contributed by atoms with Gasteiger partial charge in [0.05, 0.1) is 19.8 Å². The number of hydrogen-bond acceptors (Lipinski definition) is 6. The molecule has 0 amide bonds. The second kappa shape index (κ2) is 16.4. The van der Waals surface area contributed by atoms with Crippen LogP contribution in [0.15, 0.2) is 0 Å². The zero-order chi connectivity index (χ0) is 17.7. The van der Waals surface area contributed by atoms with E-state index in [-0.39, 0.29) is 71.2 Å². The van der Waals surface area contributed by atoms with Gasteiger partial charge in [0, 0.05) is 0 Å². The second-order valence-corrected chi connectivity index (χ2v) is 6.44. The SMILES string of the molecule is CCOP(=O)(O)O.CCOP(=O)(O)O.CCOP(=O)(O)O.[KH]. The van der Waals surface area contributed by atoms with Gasteiger partial charge in [0.25, 0.3) is 0 Å². The van der Waals surface area contributed by atoms with Crippen LogP contribution in [0.25, 0.3) is 0 Å². The van der Waals surface area contributed by atoms with Crippen molar-refractivity contribution in [2.75, 3.05) is 19.8 Å². The van der Waals surface area contributed by atoms with Gasteiger partial charge in [-0.15, -0.1) is 0 Å². The number of rotatable bonds is 6. The third kappa shape index (κ3) is 49.5. The normalized spacial score (nSPS) is 11.3. The molecule has 0 radical (unpaired) electrons. The van der Waals surface area contributed by atoms with E-state index in [1.165, 1.54) is 20.8 Å². The van der Waals surface area contributed by atoms with Crippen LogP contribution in [0.4, 0.5) is 0 Å². The molecule has 0 unspecified atom stereocenters. The fraction of sp³-hybridized carbons (Fsp3) is 1.00. The Balaban J connectivity index is -0.000000108. The molecule has 0 rings (SSSR count). The van der Waals surface area contributed by atoms with Crippen molar-refractivity contribution in [3.05, 3.63) is 0 Å². The van der Waals surface area contributed by atoms with Crippen molar-refractivity contribution in [1.82, 2.24) is 0 Å². The van der Waals surface area contributed by atoms with E-state index in [1.54, 1.807) is 0 Å². The fourth-order valence-electron chi connectivity index (χ4n) is 0.505. The Hall–Kier alpha value is 1.97. The van der Waals surface area contributed by atoms with Gasteiger partial charge in [-0.05, 0) is 20.8 Å². The Morgan fingerprint density at radius 3 is 0.727 bits per heavy atom. The predicted molar refractivity (Wildman–Crippen MR) is 78.2 cm³/mol. The third-order valence-corrected chi connectivity index (χ3v) is 2.68. The van der Waals surface area contributed by atoms with Gasteiger partial charge in [0.2, 0.25) is 0 Å². The Bertz CT molecular complexity index is 314. The maximum atomic E-state index is 9.70. The Kier molecular flexibility index (Phi) is 23.7. The topological polar surface area (TPSA) is 200 Å². The molecule has 0 saturated heterocycles. The average molecular weight is 418 g/mol. The third-order valence-electron chi connectivity index (χ3n) is 0.892. The van der Waals surface area contributed by atoms with Gasteiger partial charge in [0.15, 0.2) is 0 Å². The van der Waals surface area contributed by atoms with Crippen LogP contribution in [0.3, 0.4) is 0 Å². The molecular formula is C6H22KO12P3. The first kappa shape index (κ1) is 31.7. The Morgan fingerprint density at radius 1 is 0.591 bits per heavy atom. The minimum atomic E-state index is -4.17. The number of phosphoric acid groups is 3. The van der Waals surface area contributed by atoms with Gasteiger partial charge in [-0.1, -0.05) is 0 Å². The molecule has 0 aliphatic carbocycles. The molecule has 0 aliphatic heterocycles. The van der Waals surface area contributed by atoms with Crippen LogP contribution in [0.2, 0.25) is 0 Å².